The Bertz CT molecular complexity index is 776. The Kier molecular flexibility index (Phi) is 5.67. The zero-order valence-corrected chi connectivity index (χ0v) is 15.3. The zero-order chi connectivity index (χ0) is 18.7. The predicted molar refractivity (Wildman–Crippen MR) is 103 cm³/mol. The van der Waals surface area contributed by atoms with Crippen LogP contribution in [0, 0.1) is 11.6 Å². The Balaban J connectivity index is 1.91. The van der Waals surface area contributed by atoms with Crippen molar-refractivity contribution in [2.45, 2.75) is 19.8 Å². The molecule has 0 aromatic heterocycles. The van der Waals surface area contributed by atoms with Crippen molar-refractivity contribution < 1.29 is 17.9 Å². The lowest BCUT2D eigenvalue weighted by Gasteiger charge is -2.43. The number of para-hydroxylation sites is 2. The van der Waals surface area contributed by atoms with E-state index in [1.54, 1.807) is 24.3 Å². The van der Waals surface area contributed by atoms with E-state index in [1.165, 1.54) is 14.7 Å². The summed E-state index contributed by atoms with van der Waals surface area (Å²) in [5.74, 6) is -1.55. The number of hydrogen-bond acceptors (Lipinski definition) is 5. The highest BCUT2D eigenvalue weighted by molar-refractivity contribution is 8.27. The maximum atomic E-state index is 14.3. The molecule has 0 spiro atoms. The second kappa shape index (κ2) is 7.79. The maximum absolute atomic E-state index is 14.3. The summed E-state index contributed by atoms with van der Waals surface area (Å²) in [6.07, 6.45) is 1.63. The second-order valence-corrected chi connectivity index (χ2v) is 7.82. The largest absolute Gasteiger partial charge is 0.317 e. The van der Waals surface area contributed by atoms with E-state index < -0.39 is 22.6 Å². The molecule has 2 aromatic carbocycles. The van der Waals surface area contributed by atoms with Crippen molar-refractivity contribution in [2.24, 2.45) is 0 Å². The van der Waals surface area contributed by atoms with E-state index in [2.05, 4.69) is 5.32 Å². The maximum Gasteiger partial charge on any atom is 0.151 e. The van der Waals surface area contributed by atoms with Gasteiger partial charge in [0.2, 0.25) is 0 Å². The summed E-state index contributed by atoms with van der Waals surface area (Å²) >= 11 is 0. The molecule has 0 amide bonds. The van der Waals surface area contributed by atoms with Crippen LogP contribution in [0.1, 0.15) is 19.8 Å². The monoisotopic (exact) mass is 383 g/mol. The summed E-state index contributed by atoms with van der Waals surface area (Å²) < 4.78 is 52.1. The van der Waals surface area contributed by atoms with Gasteiger partial charge in [-0.1, -0.05) is 19.1 Å². The molecule has 26 heavy (non-hydrogen) atoms. The van der Waals surface area contributed by atoms with Gasteiger partial charge >= 0.3 is 0 Å². The average molecular weight is 383 g/mol. The average Bonchev–Trinajstić information content (AvgIpc) is 2.82. The number of benzene rings is 2. The fourth-order valence-corrected chi connectivity index (χ4v) is 4.86. The van der Waals surface area contributed by atoms with Gasteiger partial charge in [0.15, 0.2) is 5.82 Å². The van der Waals surface area contributed by atoms with E-state index in [-0.39, 0.29) is 5.69 Å². The highest BCUT2D eigenvalue weighted by Crippen LogP contribution is 2.64. The van der Waals surface area contributed by atoms with Crippen molar-refractivity contribution in [1.82, 2.24) is 5.32 Å². The van der Waals surface area contributed by atoms with Gasteiger partial charge in [-0.2, -0.15) is 0 Å². The van der Waals surface area contributed by atoms with Crippen LogP contribution in [-0.2, 0) is 0 Å². The van der Waals surface area contributed by atoms with Gasteiger partial charge in [0.25, 0.3) is 0 Å². The van der Waals surface area contributed by atoms with Gasteiger partial charge in [-0.3, -0.25) is 13.4 Å². The zero-order valence-electron chi connectivity index (χ0n) is 14.5. The van der Waals surface area contributed by atoms with Crippen LogP contribution in [0.4, 0.5) is 25.8 Å². The molecule has 1 aliphatic rings. The SMILES string of the molecule is CCNCCCCN1c2ccccc2N(c2ccc(F)cc2F)S1(O)O. The first-order valence-electron chi connectivity index (χ1n) is 8.57. The van der Waals surface area contributed by atoms with Gasteiger partial charge < -0.3 is 5.32 Å². The van der Waals surface area contributed by atoms with Crippen LogP contribution in [0.3, 0.4) is 0 Å². The third-order valence-corrected chi connectivity index (χ3v) is 6.11. The minimum Gasteiger partial charge on any atom is -0.317 e. The quantitative estimate of drug-likeness (QED) is 0.594. The molecule has 0 fully saturated rings. The molecular weight excluding hydrogens is 360 g/mol. The minimum absolute atomic E-state index is 0.0611. The van der Waals surface area contributed by atoms with Crippen LogP contribution in [-0.4, -0.2) is 28.7 Å². The number of rotatable bonds is 7. The number of nitrogens with one attached hydrogen (secondary N) is 1. The van der Waals surface area contributed by atoms with Crippen molar-refractivity contribution in [3.63, 3.8) is 0 Å². The molecule has 0 unspecified atom stereocenters. The van der Waals surface area contributed by atoms with Crippen LogP contribution < -0.4 is 13.9 Å². The second-order valence-electron chi connectivity index (χ2n) is 6.03. The lowest BCUT2D eigenvalue weighted by Crippen LogP contribution is -2.32. The molecule has 0 aliphatic carbocycles. The number of nitrogens with zero attached hydrogens (tertiary/aromatic N) is 2. The van der Waals surface area contributed by atoms with E-state index in [0.717, 1.165) is 38.1 Å². The number of unbranched alkanes of at least 4 members (excludes halogenated alkanes) is 1. The topological polar surface area (TPSA) is 59.0 Å². The van der Waals surface area contributed by atoms with E-state index in [9.17, 15) is 17.9 Å². The molecule has 0 bridgehead atoms. The lowest BCUT2D eigenvalue weighted by molar-refractivity contribution is 0.481. The predicted octanol–water partition coefficient (Wildman–Crippen LogP) is 4.89. The van der Waals surface area contributed by atoms with Crippen LogP contribution in [0.5, 0.6) is 0 Å². The molecule has 0 saturated carbocycles. The first kappa shape index (κ1) is 18.9. The fraction of sp³-hybridized carbons (Fsp3) is 0.333. The molecule has 0 saturated heterocycles. The Hall–Kier alpha value is -1.87. The van der Waals surface area contributed by atoms with Crippen LogP contribution >= 0.6 is 11.0 Å². The van der Waals surface area contributed by atoms with Crippen LogP contribution in [0.25, 0.3) is 0 Å². The van der Waals surface area contributed by atoms with Gasteiger partial charge in [0, 0.05) is 12.6 Å². The minimum atomic E-state index is -3.48. The number of anilines is 3. The van der Waals surface area contributed by atoms with E-state index >= 15 is 0 Å². The van der Waals surface area contributed by atoms with Crippen molar-refractivity contribution in [3.8, 4) is 0 Å². The molecule has 0 atom stereocenters. The first-order valence-corrected chi connectivity index (χ1v) is 10.0. The third kappa shape index (κ3) is 3.50. The molecule has 5 nitrogen and oxygen atoms in total. The highest BCUT2D eigenvalue weighted by Gasteiger charge is 2.42. The number of hydrogen-bond donors (Lipinski definition) is 3. The van der Waals surface area contributed by atoms with Gasteiger partial charge in [0.05, 0.1) is 11.4 Å². The molecule has 142 valence electrons. The third-order valence-electron chi connectivity index (χ3n) is 4.25. The van der Waals surface area contributed by atoms with Gasteiger partial charge in [-0.15, -0.1) is 0 Å². The molecule has 8 heteroatoms. The van der Waals surface area contributed by atoms with Crippen molar-refractivity contribution in [1.29, 1.82) is 0 Å². The van der Waals surface area contributed by atoms with Crippen LogP contribution in [0.15, 0.2) is 42.5 Å². The summed E-state index contributed by atoms with van der Waals surface area (Å²) in [5, 5.41) is 3.23. The molecule has 3 N–H and O–H groups in total. The van der Waals surface area contributed by atoms with E-state index in [0.29, 0.717) is 17.9 Å². The van der Waals surface area contributed by atoms with Crippen LogP contribution in [0.2, 0.25) is 0 Å². The standard InChI is InChI=1S/C18H23F2N3O2S/c1-2-21-11-5-6-12-22-17-7-3-4-8-18(17)23(26(22,24)25)16-10-9-14(19)13-15(16)20/h3-4,7-10,13,21,24-25H,2,5-6,11-12H2,1H3. The number of halogens is 2. The Morgan fingerprint density at radius 2 is 1.73 bits per heavy atom. The molecular formula is C18H23F2N3O2S. The Morgan fingerprint density at radius 1 is 1.00 bits per heavy atom. The molecule has 0 radical (unpaired) electrons. The van der Waals surface area contributed by atoms with Gasteiger partial charge in [-0.05, 0) is 61.2 Å². The van der Waals surface area contributed by atoms with E-state index in [1.807, 2.05) is 6.92 Å². The normalized spacial score (nSPS) is 16.7. The molecule has 2 aromatic rings. The summed E-state index contributed by atoms with van der Waals surface area (Å²) in [5.41, 5.74) is 1.05. The molecule has 1 heterocycles. The van der Waals surface area contributed by atoms with Crippen molar-refractivity contribution in [3.05, 3.63) is 54.1 Å². The van der Waals surface area contributed by atoms with Gasteiger partial charge in [-0.25, -0.2) is 13.1 Å². The lowest BCUT2D eigenvalue weighted by atomic mass is 10.2. The molecule has 1 aliphatic heterocycles. The Labute approximate surface area is 153 Å². The first-order chi connectivity index (χ1) is 12.5. The smallest absolute Gasteiger partial charge is 0.151 e. The van der Waals surface area contributed by atoms with Crippen molar-refractivity contribution in [2.75, 3.05) is 28.2 Å². The highest BCUT2D eigenvalue weighted by atomic mass is 32.3. The summed E-state index contributed by atoms with van der Waals surface area (Å²) in [6, 6.07) is 10.1. The summed E-state index contributed by atoms with van der Waals surface area (Å²) in [6.45, 7) is 4.19. The fourth-order valence-electron chi connectivity index (χ4n) is 3.04. The summed E-state index contributed by atoms with van der Waals surface area (Å²) in [4.78, 5) is 0. The number of fused-ring (bicyclic) bond motifs is 1. The van der Waals surface area contributed by atoms with Gasteiger partial charge in [0.1, 0.15) is 11.5 Å². The molecule has 3 rings (SSSR count). The van der Waals surface area contributed by atoms with E-state index in [4.69, 9.17) is 0 Å². The summed E-state index contributed by atoms with van der Waals surface area (Å²) in [7, 11) is -3.48. The van der Waals surface area contributed by atoms with Crippen molar-refractivity contribution >= 4 is 28.0 Å². The Morgan fingerprint density at radius 3 is 2.42 bits per heavy atom.